The fourth-order valence-corrected chi connectivity index (χ4v) is 5.74. The van der Waals surface area contributed by atoms with Crippen LogP contribution in [-0.4, -0.2) is 40.9 Å². The summed E-state index contributed by atoms with van der Waals surface area (Å²) in [6, 6.07) is 17.8. The quantitative estimate of drug-likeness (QED) is 0.201. The smallest absolute Gasteiger partial charge is 0.203 e. The van der Waals surface area contributed by atoms with Gasteiger partial charge in [0.05, 0.1) is 11.0 Å². The molecule has 5 nitrogen and oxygen atoms in total. The van der Waals surface area contributed by atoms with Crippen LogP contribution in [0.1, 0.15) is 27.7 Å². The monoisotopic (exact) mass is 509 g/mol. The Balaban J connectivity index is 2.10. The van der Waals surface area contributed by atoms with Gasteiger partial charge in [0, 0.05) is 58.6 Å². The number of sulfone groups is 1. The second-order valence-electron chi connectivity index (χ2n) is 8.63. The maximum absolute atomic E-state index is 12.1. The molecular weight excluding hydrogens is 476 g/mol. The summed E-state index contributed by atoms with van der Waals surface area (Å²) in [7, 11) is -3.33. The molecular formula is C28H33N2O3S2+. The van der Waals surface area contributed by atoms with Crippen LogP contribution in [0.3, 0.4) is 0 Å². The lowest BCUT2D eigenvalue weighted by molar-refractivity contribution is 0.601. The van der Waals surface area contributed by atoms with E-state index < -0.39 is 9.84 Å². The van der Waals surface area contributed by atoms with Crippen LogP contribution in [0.4, 0.5) is 5.69 Å². The summed E-state index contributed by atoms with van der Waals surface area (Å²) in [5.41, 5.74) is 4.72. The summed E-state index contributed by atoms with van der Waals surface area (Å²) in [5.74, 6) is 0.786. The Morgan fingerprint density at radius 3 is 2.17 bits per heavy atom. The van der Waals surface area contributed by atoms with Crippen molar-refractivity contribution < 1.29 is 12.8 Å². The van der Waals surface area contributed by atoms with Crippen LogP contribution >= 0.6 is 12.6 Å². The number of rotatable bonds is 7. The number of nitrogens with zero attached hydrogens (tertiary/aromatic N) is 2. The van der Waals surface area contributed by atoms with E-state index in [2.05, 4.69) is 73.6 Å². The van der Waals surface area contributed by atoms with Gasteiger partial charge in [0.15, 0.2) is 9.84 Å². The zero-order valence-corrected chi connectivity index (χ0v) is 22.7. The molecule has 0 saturated heterocycles. The molecule has 0 spiro atoms. The van der Waals surface area contributed by atoms with E-state index in [4.69, 9.17) is 17.0 Å². The first kappa shape index (κ1) is 25.3. The van der Waals surface area contributed by atoms with E-state index in [-0.39, 0.29) is 4.90 Å². The maximum Gasteiger partial charge on any atom is 0.203 e. The maximum atomic E-state index is 12.1. The molecule has 7 heteroatoms. The minimum absolute atomic E-state index is 0.258. The highest BCUT2D eigenvalue weighted by Gasteiger charge is 2.21. The van der Waals surface area contributed by atoms with Crippen molar-refractivity contribution in [1.82, 2.24) is 4.58 Å². The topological polar surface area (TPSA) is 53.5 Å². The summed E-state index contributed by atoms with van der Waals surface area (Å²) in [6.07, 6.45) is 1.21. The van der Waals surface area contributed by atoms with Crippen LogP contribution in [0.25, 0.3) is 33.4 Å². The van der Waals surface area contributed by atoms with Crippen LogP contribution in [0.2, 0.25) is 0 Å². The Morgan fingerprint density at radius 2 is 1.57 bits per heavy atom. The number of thiol groups is 1. The molecule has 1 aliphatic heterocycles. The van der Waals surface area contributed by atoms with Gasteiger partial charge in [-0.05, 0) is 63.6 Å². The third-order valence-electron chi connectivity index (χ3n) is 6.61. The van der Waals surface area contributed by atoms with E-state index in [9.17, 15) is 8.42 Å². The molecule has 0 atom stereocenters. The summed E-state index contributed by atoms with van der Waals surface area (Å²) < 4.78 is 33.0. The second-order valence-corrected chi connectivity index (χ2v) is 11.1. The molecule has 2 aromatic rings. The van der Waals surface area contributed by atoms with Crippen molar-refractivity contribution in [2.45, 2.75) is 37.5 Å². The number of benzene rings is 3. The Morgan fingerprint density at radius 1 is 0.886 bits per heavy atom. The molecule has 1 aliphatic carbocycles. The number of hydrogen-bond acceptors (Lipinski definition) is 5. The first-order valence-electron chi connectivity index (χ1n) is 12.1. The molecule has 0 aromatic heterocycles. The van der Waals surface area contributed by atoms with Gasteiger partial charge in [-0.25, -0.2) is 13.0 Å². The van der Waals surface area contributed by atoms with Gasteiger partial charge in [-0.2, -0.15) is 0 Å². The Bertz CT molecular complexity index is 1530. The molecule has 0 radical (unpaired) electrons. The number of anilines is 1. The average Bonchev–Trinajstić information content (AvgIpc) is 2.83. The minimum Gasteiger partial charge on any atom is -0.456 e. The van der Waals surface area contributed by atoms with Crippen LogP contribution in [0, 0.1) is 0 Å². The standard InChI is InChI=1S/C28H32N2O3S2/c1-6-29(7-2)19-10-13-22-25(16-19)33-26-17-20(30(8-3)9-4)11-14-23(26)28(22)24-15-12-21(18-27(24)34)35(5,31)32/h10-18H,6-9H2,1-5H3/p+1. The summed E-state index contributed by atoms with van der Waals surface area (Å²) in [5, 5.41) is 2.07. The molecule has 1 heterocycles. The third kappa shape index (κ3) is 4.84. The van der Waals surface area contributed by atoms with E-state index in [1.807, 2.05) is 6.07 Å². The molecule has 184 valence electrons. The Hall–Kier alpha value is -2.77. The number of hydrogen-bond donors (Lipinski definition) is 1. The van der Waals surface area contributed by atoms with Gasteiger partial charge in [-0.15, -0.1) is 12.6 Å². The molecule has 2 aromatic carbocycles. The molecule has 0 saturated carbocycles. The highest BCUT2D eigenvalue weighted by molar-refractivity contribution is 7.90. The fraction of sp³-hybridized carbons (Fsp3) is 0.321. The largest absolute Gasteiger partial charge is 0.456 e. The summed E-state index contributed by atoms with van der Waals surface area (Å²) in [4.78, 5) is 3.16. The molecule has 35 heavy (non-hydrogen) atoms. The van der Waals surface area contributed by atoms with Gasteiger partial charge in [-0.3, -0.25) is 0 Å². The SMILES string of the molecule is CCN(CC)c1ccc2c(-c3ccc(S(C)(=O)=O)cc3S)c3ccc(=[N+](CC)CC)cc-3oc2c1. The summed E-state index contributed by atoms with van der Waals surface area (Å²) >= 11 is 4.72. The van der Waals surface area contributed by atoms with Gasteiger partial charge in [0.25, 0.3) is 0 Å². The fourth-order valence-electron chi connectivity index (χ4n) is 4.68. The van der Waals surface area contributed by atoms with Crippen molar-refractivity contribution in [3.05, 3.63) is 60.0 Å². The highest BCUT2D eigenvalue weighted by Crippen LogP contribution is 2.43. The van der Waals surface area contributed by atoms with Crippen molar-refractivity contribution in [1.29, 1.82) is 0 Å². The molecule has 2 aliphatic rings. The zero-order chi connectivity index (χ0) is 25.3. The van der Waals surface area contributed by atoms with Crippen LogP contribution < -0.4 is 14.8 Å². The molecule has 0 unspecified atom stereocenters. The average molecular weight is 510 g/mol. The predicted molar refractivity (Wildman–Crippen MR) is 149 cm³/mol. The van der Waals surface area contributed by atoms with Crippen molar-refractivity contribution >= 4 is 39.1 Å². The lowest BCUT2D eigenvalue weighted by atomic mass is 9.93. The lowest BCUT2D eigenvalue weighted by Gasteiger charge is -2.22. The van der Waals surface area contributed by atoms with Gasteiger partial charge in [0.1, 0.15) is 24.4 Å². The lowest BCUT2D eigenvalue weighted by Crippen LogP contribution is -2.29. The van der Waals surface area contributed by atoms with Gasteiger partial charge in [-0.1, -0.05) is 6.07 Å². The summed E-state index contributed by atoms with van der Waals surface area (Å²) in [6.45, 7) is 12.2. The van der Waals surface area contributed by atoms with Gasteiger partial charge >= 0.3 is 0 Å². The van der Waals surface area contributed by atoms with Crippen molar-refractivity contribution in [2.75, 3.05) is 37.3 Å². The molecule has 4 rings (SSSR count). The highest BCUT2D eigenvalue weighted by atomic mass is 32.2. The third-order valence-corrected chi connectivity index (χ3v) is 8.09. The number of fused-ring (bicyclic) bond motifs is 2. The minimum atomic E-state index is -3.33. The van der Waals surface area contributed by atoms with E-state index >= 15 is 0 Å². The zero-order valence-electron chi connectivity index (χ0n) is 21.0. The molecule has 0 fully saturated rings. The van der Waals surface area contributed by atoms with Crippen molar-refractivity contribution in [3.63, 3.8) is 0 Å². The van der Waals surface area contributed by atoms with E-state index in [0.29, 0.717) is 4.90 Å². The van der Waals surface area contributed by atoms with E-state index in [1.165, 1.54) is 6.26 Å². The van der Waals surface area contributed by atoms with Crippen LogP contribution in [0.15, 0.2) is 68.8 Å². The van der Waals surface area contributed by atoms with Gasteiger partial charge < -0.3 is 9.32 Å². The molecule has 0 bridgehead atoms. The van der Waals surface area contributed by atoms with Gasteiger partial charge in [0.2, 0.25) is 5.36 Å². The Kier molecular flexibility index (Phi) is 7.29. The normalized spacial score (nSPS) is 11.8. The van der Waals surface area contributed by atoms with Crippen LogP contribution in [0.5, 0.6) is 0 Å². The second kappa shape index (κ2) is 10.1. The first-order chi connectivity index (χ1) is 16.7. The first-order valence-corrected chi connectivity index (χ1v) is 14.4. The molecule has 0 N–H and O–H groups in total. The van der Waals surface area contributed by atoms with E-state index in [1.54, 1.807) is 12.1 Å². The van der Waals surface area contributed by atoms with Crippen LogP contribution in [-0.2, 0) is 9.84 Å². The Labute approximate surface area is 213 Å². The van der Waals surface area contributed by atoms with E-state index in [0.717, 1.165) is 70.6 Å². The van der Waals surface area contributed by atoms with Crippen molar-refractivity contribution in [2.24, 2.45) is 0 Å². The predicted octanol–water partition coefficient (Wildman–Crippen LogP) is 5.56. The van der Waals surface area contributed by atoms with Crippen molar-refractivity contribution in [3.8, 4) is 22.5 Å². The molecule has 0 amide bonds.